The molecule has 0 bridgehead atoms. The molecular weight excluding hydrogens is 366 g/mol. The molecule has 4 rings (SSSR count). The van der Waals surface area contributed by atoms with Crippen LogP contribution < -0.4 is 10.5 Å². The Morgan fingerprint density at radius 2 is 2.33 bits per heavy atom. The number of primary amides is 1. The highest BCUT2D eigenvalue weighted by atomic mass is 32.1. The fraction of sp³-hybridized carbons (Fsp3) is 0.222. The van der Waals surface area contributed by atoms with Crippen molar-refractivity contribution in [3.63, 3.8) is 0 Å². The number of aliphatic hydroxyl groups is 1. The van der Waals surface area contributed by atoms with Gasteiger partial charge in [-0.25, -0.2) is 9.97 Å². The van der Waals surface area contributed by atoms with Crippen molar-refractivity contribution in [3.05, 3.63) is 47.0 Å². The number of rotatable bonds is 2. The van der Waals surface area contributed by atoms with Crippen molar-refractivity contribution in [3.8, 4) is 29.0 Å². The summed E-state index contributed by atoms with van der Waals surface area (Å²) in [6.45, 7) is 2.57. The Labute approximate surface area is 158 Å². The second kappa shape index (κ2) is 6.50. The number of fused-ring (bicyclic) bond motifs is 3. The van der Waals surface area contributed by atoms with Gasteiger partial charge in [0.1, 0.15) is 30.2 Å². The number of amides is 1. The highest BCUT2D eigenvalue weighted by molar-refractivity contribution is 7.05. The minimum Gasteiger partial charge on any atom is -0.491 e. The van der Waals surface area contributed by atoms with Crippen LogP contribution in [0.15, 0.2) is 30.7 Å². The topological polar surface area (TPSA) is 116 Å². The fourth-order valence-electron chi connectivity index (χ4n) is 2.72. The van der Waals surface area contributed by atoms with E-state index in [1.165, 1.54) is 6.33 Å². The molecule has 0 saturated carbocycles. The second-order valence-electron chi connectivity index (χ2n) is 6.14. The van der Waals surface area contributed by atoms with E-state index >= 15 is 0 Å². The molecule has 1 aliphatic rings. The standard InChI is InChI=1S/C18H15N5O3S/c1-18(25,17-20-10-21-27-17)5-4-11-2-3-14-12(8-11)16-22-13(15(19)24)9-23(16)6-7-26-14/h2-3,8-10,25H,6-7H2,1H3,(H2,19,24)/t18-/m1/s1. The number of hydrogen-bond acceptors (Lipinski definition) is 7. The van der Waals surface area contributed by atoms with E-state index in [0.29, 0.717) is 40.9 Å². The van der Waals surface area contributed by atoms with Gasteiger partial charge in [0.15, 0.2) is 10.6 Å². The van der Waals surface area contributed by atoms with E-state index in [0.717, 1.165) is 11.5 Å². The summed E-state index contributed by atoms with van der Waals surface area (Å²) in [7, 11) is 0. The number of hydrogen-bond donors (Lipinski definition) is 2. The molecule has 0 aliphatic carbocycles. The smallest absolute Gasteiger partial charge is 0.268 e. The first kappa shape index (κ1) is 17.2. The number of aromatic nitrogens is 4. The molecule has 136 valence electrons. The van der Waals surface area contributed by atoms with Gasteiger partial charge < -0.3 is 20.1 Å². The summed E-state index contributed by atoms with van der Waals surface area (Å²) in [5, 5.41) is 10.9. The summed E-state index contributed by atoms with van der Waals surface area (Å²) in [4.78, 5) is 19.8. The third-order valence-electron chi connectivity index (χ3n) is 4.07. The van der Waals surface area contributed by atoms with Gasteiger partial charge in [0.05, 0.1) is 12.1 Å². The Hall–Kier alpha value is -3.22. The van der Waals surface area contributed by atoms with Crippen molar-refractivity contribution in [2.45, 2.75) is 19.1 Å². The summed E-state index contributed by atoms with van der Waals surface area (Å²) in [6.07, 6.45) is 3.00. The summed E-state index contributed by atoms with van der Waals surface area (Å²) in [5.74, 6) is 6.44. The maximum atomic E-state index is 11.5. The number of imidazole rings is 1. The molecule has 0 spiro atoms. The van der Waals surface area contributed by atoms with Crippen molar-refractivity contribution in [2.24, 2.45) is 5.73 Å². The number of nitrogens with zero attached hydrogens (tertiary/aromatic N) is 4. The number of carbonyl (C=O) groups excluding carboxylic acids is 1. The average molecular weight is 381 g/mol. The minimum atomic E-state index is -1.40. The van der Waals surface area contributed by atoms with Crippen LogP contribution in [0.3, 0.4) is 0 Å². The van der Waals surface area contributed by atoms with Gasteiger partial charge in [-0.15, -0.1) is 0 Å². The first-order valence-corrected chi connectivity index (χ1v) is 8.88. The molecule has 0 saturated heterocycles. The maximum Gasteiger partial charge on any atom is 0.268 e. The molecule has 0 fully saturated rings. The Morgan fingerprint density at radius 3 is 3.07 bits per heavy atom. The Bertz CT molecular complexity index is 1080. The molecule has 1 aromatic carbocycles. The van der Waals surface area contributed by atoms with E-state index in [2.05, 4.69) is 26.2 Å². The number of benzene rings is 1. The third kappa shape index (κ3) is 3.28. The molecule has 27 heavy (non-hydrogen) atoms. The highest BCUT2D eigenvalue weighted by Crippen LogP contribution is 2.32. The van der Waals surface area contributed by atoms with Crippen LogP contribution in [0.4, 0.5) is 0 Å². The van der Waals surface area contributed by atoms with E-state index < -0.39 is 11.5 Å². The predicted octanol–water partition coefficient (Wildman–Crippen LogP) is 1.15. The Balaban J connectivity index is 1.75. The SMILES string of the molecule is C[C@@](O)(C#Cc1ccc2c(c1)-c1nc(C(N)=O)cn1CCO2)c1ncns1. The molecule has 3 aromatic rings. The van der Waals surface area contributed by atoms with E-state index in [1.807, 2.05) is 10.6 Å². The first-order valence-electron chi connectivity index (χ1n) is 8.11. The van der Waals surface area contributed by atoms with Gasteiger partial charge >= 0.3 is 0 Å². The van der Waals surface area contributed by atoms with E-state index in [-0.39, 0.29) is 5.69 Å². The summed E-state index contributed by atoms with van der Waals surface area (Å²) >= 11 is 1.10. The quantitative estimate of drug-likeness (QED) is 0.644. The van der Waals surface area contributed by atoms with Gasteiger partial charge in [-0.1, -0.05) is 11.8 Å². The lowest BCUT2D eigenvalue weighted by atomic mass is 10.1. The van der Waals surface area contributed by atoms with E-state index in [4.69, 9.17) is 10.5 Å². The van der Waals surface area contributed by atoms with Gasteiger partial charge in [-0.05, 0) is 36.7 Å². The van der Waals surface area contributed by atoms with Crippen LogP contribution in [-0.2, 0) is 12.1 Å². The average Bonchev–Trinajstić information content (AvgIpc) is 3.29. The third-order valence-corrected chi connectivity index (χ3v) is 4.94. The van der Waals surface area contributed by atoms with Crippen LogP contribution in [0.25, 0.3) is 11.4 Å². The lowest BCUT2D eigenvalue weighted by Gasteiger charge is -2.11. The molecule has 3 heterocycles. The Morgan fingerprint density at radius 1 is 1.48 bits per heavy atom. The monoisotopic (exact) mass is 381 g/mol. The van der Waals surface area contributed by atoms with Gasteiger partial charge in [0, 0.05) is 11.8 Å². The molecule has 1 aliphatic heterocycles. The Kier molecular flexibility index (Phi) is 4.14. The number of ether oxygens (including phenoxy) is 1. The summed E-state index contributed by atoms with van der Waals surface area (Å²) in [5.41, 5.74) is 5.53. The van der Waals surface area contributed by atoms with Crippen LogP contribution in [-0.4, -0.2) is 36.5 Å². The van der Waals surface area contributed by atoms with Crippen LogP contribution in [0.1, 0.15) is 28.0 Å². The predicted molar refractivity (Wildman–Crippen MR) is 98.0 cm³/mol. The van der Waals surface area contributed by atoms with Gasteiger partial charge in [0.25, 0.3) is 5.91 Å². The highest BCUT2D eigenvalue weighted by Gasteiger charge is 2.24. The van der Waals surface area contributed by atoms with Gasteiger partial charge in [-0.2, -0.15) is 4.37 Å². The summed E-state index contributed by atoms with van der Waals surface area (Å²) in [6, 6.07) is 5.41. The van der Waals surface area contributed by atoms with Gasteiger partial charge in [-0.3, -0.25) is 4.79 Å². The lowest BCUT2D eigenvalue weighted by Crippen LogP contribution is -2.17. The molecule has 0 unspecified atom stereocenters. The fourth-order valence-corrected chi connectivity index (χ4v) is 3.23. The largest absolute Gasteiger partial charge is 0.491 e. The molecule has 3 N–H and O–H groups in total. The van der Waals surface area contributed by atoms with Crippen molar-refractivity contribution in [2.75, 3.05) is 6.61 Å². The van der Waals surface area contributed by atoms with Crippen molar-refractivity contribution in [1.82, 2.24) is 18.9 Å². The number of carbonyl (C=O) groups is 1. The molecule has 2 aromatic heterocycles. The summed E-state index contributed by atoms with van der Waals surface area (Å²) < 4.78 is 11.5. The van der Waals surface area contributed by atoms with Crippen molar-refractivity contribution < 1.29 is 14.6 Å². The zero-order chi connectivity index (χ0) is 19.0. The maximum absolute atomic E-state index is 11.5. The molecule has 8 nitrogen and oxygen atoms in total. The van der Waals surface area contributed by atoms with Crippen molar-refractivity contribution >= 4 is 17.4 Å². The van der Waals surface area contributed by atoms with Crippen molar-refractivity contribution in [1.29, 1.82) is 0 Å². The minimum absolute atomic E-state index is 0.202. The normalized spacial score (nSPS) is 14.6. The van der Waals surface area contributed by atoms with Gasteiger partial charge in [0.2, 0.25) is 0 Å². The number of nitrogens with two attached hydrogens (primary N) is 1. The van der Waals surface area contributed by atoms with Crippen LogP contribution in [0.2, 0.25) is 0 Å². The molecule has 1 amide bonds. The molecule has 9 heteroatoms. The molecular formula is C18H15N5O3S. The zero-order valence-corrected chi connectivity index (χ0v) is 15.2. The first-order chi connectivity index (χ1) is 12.9. The zero-order valence-electron chi connectivity index (χ0n) is 14.3. The van der Waals surface area contributed by atoms with E-state index in [1.54, 1.807) is 25.3 Å². The van der Waals surface area contributed by atoms with E-state index in [9.17, 15) is 9.90 Å². The molecule has 0 radical (unpaired) electrons. The van der Waals surface area contributed by atoms with Crippen LogP contribution in [0, 0.1) is 11.8 Å². The van der Waals surface area contributed by atoms with Crippen LogP contribution in [0.5, 0.6) is 5.75 Å². The van der Waals surface area contributed by atoms with Crippen LogP contribution >= 0.6 is 11.5 Å². The molecule has 1 atom stereocenters. The lowest BCUT2D eigenvalue weighted by molar-refractivity contribution is 0.0995. The second-order valence-corrected chi connectivity index (χ2v) is 6.92.